The standard InChI is InChI=1S/C95H186O17P2/c1-9-87(7)73-65-57-49-43-37-31-25-19-13-16-22-28-34-40-46-52-61-69-77-94(99)111-90(81-105-92(97)75-67-59-50-44-38-32-26-20-14-11-17-23-29-35-41-47-55-63-71-85(3)4)83-109-113(101,102)107-79-89(96)80-108-114(103,104)110-84-91(82-106-93(98)76-68-60-54-53-58-66-74-88(8)10-2)112-95(100)78-70-62-51-45-39-33-27-21-15-12-18-24-30-36-42-48-56-64-72-86(5)6/h85-91,96H,9-84H2,1-8H3,(H,101,102)(H,103,104)/t87?,88?,89-,90-,91-/m1/s1. The van der Waals surface area contributed by atoms with Crippen LogP contribution >= 0.6 is 15.6 Å². The average Bonchev–Trinajstić information content (AvgIpc) is 0.898. The molecule has 0 rings (SSSR count). The summed E-state index contributed by atoms with van der Waals surface area (Å²) >= 11 is 0. The number of rotatable bonds is 92. The lowest BCUT2D eigenvalue weighted by atomic mass is 9.99. The Hall–Kier alpha value is -1.94. The van der Waals surface area contributed by atoms with Crippen molar-refractivity contribution >= 4 is 39.5 Å². The van der Waals surface area contributed by atoms with Gasteiger partial charge in [0.2, 0.25) is 0 Å². The number of phosphoric acid groups is 2. The first kappa shape index (κ1) is 112. The van der Waals surface area contributed by atoms with E-state index in [0.29, 0.717) is 25.7 Å². The highest BCUT2D eigenvalue weighted by Gasteiger charge is 2.31. The SMILES string of the molecule is CCC(C)CCCCCCCCCCCCCCCCCCCCC(=O)O[C@H](COC(=O)CCCCCCCCCCCCCCCCCCCCC(C)C)COP(=O)(O)OC[C@@H](O)COP(=O)(O)OC[C@@H](COC(=O)CCCCCCCCC(C)CC)OC(=O)CCCCCCCCCCCCCCCCCCCCC(C)C. The molecule has 0 bridgehead atoms. The van der Waals surface area contributed by atoms with E-state index in [-0.39, 0.29) is 25.7 Å². The molecule has 0 aliphatic rings. The topological polar surface area (TPSA) is 237 Å². The molecule has 0 amide bonds. The second-order valence-electron chi connectivity index (χ2n) is 35.5. The van der Waals surface area contributed by atoms with Gasteiger partial charge in [-0.05, 0) is 49.4 Å². The largest absolute Gasteiger partial charge is 0.472 e. The fraction of sp³-hybridized carbons (Fsp3) is 0.958. The Balaban J connectivity index is 5.21. The van der Waals surface area contributed by atoms with Gasteiger partial charge in [-0.15, -0.1) is 0 Å². The molecule has 7 atom stereocenters. The van der Waals surface area contributed by atoms with Crippen molar-refractivity contribution in [2.24, 2.45) is 23.7 Å². The first-order valence-electron chi connectivity index (χ1n) is 48.8. The van der Waals surface area contributed by atoms with Gasteiger partial charge in [0.05, 0.1) is 26.4 Å². The van der Waals surface area contributed by atoms with Crippen LogP contribution in [-0.4, -0.2) is 96.7 Å². The van der Waals surface area contributed by atoms with Gasteiger partial charge in [-0.2, -0.15) is 0 Å². The third-order valence-corrected chi connectivity index (χ3v) is 24.9. The molecule has 0 radical (unpaired) electrons. The summed E-state index contributed by atoms with van der Waals surface area (Å²) in [6.07, 6.45) is 76.6. The first-order chi connectivity index (χ1) is 55.2. The van der Waals surface area contributed by atoms with Gasteiger partial charge in [0.15, 0.2) is 12.2 Å². The Bertz CT molecular complexity index is 2200. The predicted octanol–water partition coefficient (Wildman–Crippen LogP) is 29.5. The van der Waals surface area contributed by atoms with Crippen molar-refractivity contribution in [3.63, 3.8) is 0 Å². The predicted molar refractivity (Wildman–Crippen MR) is 474 cm³/mol. The number of aliphatic hydroxyl groups excluding tert-OH is 1. The van der Waals surface area contributed by atoms with E-state index in [1.807, 2.05) is 0 Å². The Morgan fingerprint density at radius 2 is 0.421 bits per heavy atom. The van der Waals surface area contributed by atoms with Gasteiger partial charge >= 0.3 is 39.5 Å². The van der Waals surface area contributed by atoms with Gasteiger partial charge in [0.25, 0.3) is 0 Å². The molecule has 0 aliphatic heterocycles. The van der Waals surface area contributed by atoms with Gasteiger partial charge in [0, 0.05) is 25.7 Å². The van der Waals surface area contributed by atoms with Gasteiger partial charge < -0.3 is 33.8 Å². The fourth-order valence-corrected chi connectivity index (χ4v) is 16.4. The molecular weight excluding hydrogens is 1470 g/mol. The third-order valence-electron chi connectivity index (χ3n) is 23.0. The third kappa shape index (κ3) is 85.1. The molecule has 4 unspecified atom stereocenters. The molecule has 0 saturated heterocycles. The summed E-state index contributed by atoms with van der Waals surface area (Å²) in [5.41, 5.74) is 0. The minimum absolute atomic E-state index is 0.107. The minimum Gasteiger partial charge on any atom is -0.462 e. The lowest BCUT2D eigenvalue weighted by Gasteiger charge is -2.21. The Kier molecular flexibility index (Phi) is 81.9. The number of aliphatic hydroxyl groups is 1. The van der Waals surface area contributed by atoms with Gasteiger partial charge in [-0.25, -0.2) is 9.13 Å². The molecule has 0 aromatic rings. The van der Waals surface area contributed by atoms with Crippen molar-refractivity contribution in [1.82, 2.24) is 0 Å². The molecule has 3 N–H and O–H groups in total. The number of unbranched alkanes of at least 4 members (excludes halogenated alkanes) is 56. The summed E-state index contributed by atoms with van der Waals surface area (Å²) in [6.45, 7) is 14.4. The Labute approximate surface area is 702 Å². The first-order valence-corrected chi connectivity index (χ1v) is 51.8. The van der Waals surface area contributed by atoms with Gasteiger partial charge in [-0.3, -0.25) is 37.3 Å². The van der Waals surface area contributed by atoms with E-state index in [0.717, 1.165) is 120 Å². The van der Waals surface area contributed by atoms with Crippen LogP contribution in [-0.2, 0) is 65.4 Å². The summed E-state index contributed by atoms with van der Waals surface area (Å²) in [6, 6.07) is 0. The maximum atomic E-state index is 13.2. The van der Waals surface area contributed by atoms with Crippen LogP contribution in [0.2, 0.25) is 0 Å². The molecule has 0 aromatic heterocycles. The average molecular weight is 1660 g/mol. The van der Waals surface area contributed by atoms with Crippen LogP contribution in [0, 0.1) is 23.7 Å². The molecule has 17 nitrogen and oxygen atoms in total. The van der Waals surface area contributed by atoms with Crippen LogP contribution in [0.25, 0.3) is 0 Å². The number of hydrogen-bond donors (Lipinski definition) is 3. The van der Waals surface area contributed by atoms with E-state index >= 15 is 0 Å². The highest BCUT2D eigenvalue weighted by atomic mass is 31.2. The molecule has 0 aliphatic carbocycles. The second kappa shape index (κ2) is 83.3. The fourth-order valence-electron chi connectivity index (χ4n) is 14.8. The summed E-state index contributed by atoms with van der Waals surface area (Å²) in [7, 11) is -9.94. The number of ether oxygens (including phenoxy) is 4. The molecule has 114 heavy (non-hydrogen) atoms. The van der Waals surface area contributed by atoms with Gasteiger partial charge in [-0.1, -0.05) is 453 Å². The van der Waals surface area contributed by atoms with Gasteiger partial charge in [0.1, 0.15) is 19.3 Å². The van der Waals surface area contributed by atoms with Crippen molar-refractivity contribution in [1.29, 1.82) is 0 Å². The second-order valence-corrected chi connectivity index (χ2v) is 38.5. The molecule has 0 saturated carbocycles. The van der Waals surface area contributed by atoms with Crippen molar-refractivity contribution in [3.8, 4) is 0 Å². The highest BCUT2D eigenvalue weighted by Crippen LogP contribution is 2.45. The molecular formula is C95H186O17P2. The van der Waals surface area contributed by atoms with Crippen LogP contribution < -0.4 is 0 Å². The lowest BCUT2D eigenvalue weighted by Crippen LogP contribution is -2.30. The summed E-state index contributed by atoms with van der Waals surface area (Å²) in [5.74, 6) is 1.15. The Morgan fingerprint density at radius 3 is 0.623 bits per heavy atom. The molecule has 678 valence electrons. The molecule has 0 heterocycles. The van der Waals surface area contributed by atoms with E-state index in [4.69, 9.17) is 37.0 Å². The number of carbonyl (C=O) groups is 4. The zero-order chi connectivity index (χ0) is 83.7. The van der Waals surface area contributed by atoms with Crippen molar-refractivity contribution in [3.05, 3.63) is 0 Å². The molecule has 0 aromatic carbocycles. The highest BCUT2D eigenvalue weighted by molar-refractivity contribution is 7.47. The van der Waals surface area contributed by atoms with Crippen LogP contribution in [0.1, 0.15) is 505 Å². The van der Waals surface area contributed by atoms with Crippen molar-refractivity contribution < 1.29 is 80.2 Å². The van der Waals surface area contributed by atoms with Crippen molar-refractivity contribution in [2.75, 3.05) is 39.6 Å². The van der Waals surface area contributed by atoms with Crippen molar-refractivity contribution in [2.45, 2.75) is 523 Å². The zero-order valence-electron chi connectivity index (χ0n) is 75.7. The maximum Gasteiger partial charge on any atom is 0.472 e. The van der Waals surface area contributed by atoms with Crippen LogP contribution in [0.3, 0.4) is 0 Å². The summed E-state index contributed by atoms with van der Waals surface area (Å²) in [5, 5.41) is 10.7. The van der Waals surface area contributed by atoms with Crippen LogP contribution in [0.4, 0.5) is 0 Å². The van der Waals surface area contributed by atoms with E-state index in [1.165, 1.54) is 302 Å². The molecule has 0 fully saturated rings. The smallest absolute Gasteiger partial charge is 0.462 e. The quantitative estimate of drug-likeness (QED) is 0.0222. The Morgan fingerprint density at radius 1 is 0.246 bits per heavy atom. The lowest BCUT2D eigenvalue weighted by molar-refractivity contribution is -0.161. The molecule has 0 spiro atoms. The van der Waals surface area contributed by atoms with Crippen LogP contribution in [0.15, 0.2) is 0 Å². The van der Waals surface area contributed by atoms with Crippen LogP contribution in [0.5, 0.6) is 0 Å². The van der Waals surface area contributed by atoms with E-state index in [1.54, 1.807) is 0 Å². The number of carbonyl (C=O) groups excluding carboxylic acids is 4. The molecule has 19 heteroatoms. The summed E-state index contributed by atoms with van der Waals surface area (Å²) in [4.78, 5) is 73.5. The maximum absolute atomic E-state index is 13.2. The van der Waals surface area contributed by atoms with E-state index in [2.05, 4.69) is 55.4 Å². The number of phosphoric ester groups is 2. The zero-order valence-corrected chi connectivity index (χ0v) is 77.5. The monoisotopic (exact) mass is 1660 g/mol. The van der Waals surface area contributed by atoms with E-state index in [9.17, 15) is 43.2 Å². The normalized spacial score (nSPS) is 14.3. The van der Waals surface area contributed by atoms with E-state index < -0.39 is 97.5 Å². The summed E-state index contributed by atoms with van der Waals surface area (Å²) < 4.78 is 69.1. The number of esters is 4. The minimum atomic E-state index is -4.97. The number of hydrogen-bond acceptors (Lipinski definition) is 15.